The van der Waals surface area contributed by atoms with E-state index in [9.17, 15) is 4.79 Å². The number of carbonyl (C=O) groups excluding carboxylic acids is 1. The van der Waals surface area contributed by atoms with Crippen molar-refractivity contribution in [2.75, 3.05) is 31.1 Å². The number of anilines is 1. The molecule has 0 saturated carbocycles. The van der Waals surface area contributed by atoms with E-state index in [0.29, 0.717) is 18.7 Å². The van der Waals surface area contributed by atoms with Gasteiger partial charge in [-0.1, -0.05) is 36.9 Å². The van der Waals surface area contributed by atoms with Gasteiger partial charge in [0.1, 0.15) is 5.69 Å². The van der Waals surface area contributed by atoms with Crippen LogP contribution in [0.1, 0.15) is 18.1 Å². The third kappa shape index (κ3) is 3.73. The zero-order valence-corrected chi connectivity index (χ0v) is 17.3. The van der Waals surface area contributed by atoms with E-state index in [2.05, 4.69) is 49.6 Å². The van der Waals surface area contributed by atoms with Crippen molar-refractivity contribution in [3.05, 3.63) is 65.7 Å². The van der Waals surface area contributed by atoms with E-state index in [1.807, 2.05) is 23.1 Å². The van der Waals surface area contributed by atoms with Crippen LogP contribution < -0.4 is 4.90 Å². The molecule has 1 aromatic heterocycles. The Balaban J connectivity index is 1.75. The van der Waals surface area contributed by atoms with Crippen molar-refractivity contribution in [2.24, 2.45) is 0 Å². The fourth-order valence-electron chi connectivity index (χ4n) is 3.70. The summed E-state index contributed by atoms with van der Waals surface area (Å²) in [6.45, 7) is 12.5. The number of aryl methyl sites for hydroxylation is 2. The molecule has 148 valence electrons. The molecule has 5 nitrogen and oxygen atoms in total. The van der Waals surface area contributed by atoms with Gasteiger partial charge in [0.25, 0.3) is 0 Å². The van der Waals surface area contributed by atoms with Crippen molar-refractivity contribution in [1.82, 2.24) is 14.9 Å². The Bertz CT molecular complexity index is 1080. The van der Waals surface area contributed by atoms with Gasteiger partial charge in [0.15, 0.2) is 5.82 Å². The summed E-state index contributed by atoms with van der Waals surface area (Å²) in [6.07, 6.45) is 0. The number of hydrogen-bond donors (Lipinski definition) is 0. The normalized spacial score (nSPS) is 14.3. The van der Waals surface area contributed by atoms with Crippen molar-refractivity contribution in [3.63, 3.8) is 0 Å². The van der Waals surface area contributed by atoms with Crippen LogP contribution in [0, 0.1) is 13.8 Å². The molecule has 1 saturated heterocycles. The molecule has 0 aliphatic carbocycles. The topological polar surface area (TPSA) is 49.3 Å². The second-order valence-electron chi connectivity index (χ2n) is 7.75. The Morgan fingerprint density at radius 1 is 0.931 bits per heavy atom. The molecule has 1 fully saturated rings. The number of carbonyl (C=O) groups is 1. The Morgan fingerprint density at radius 2 is 1.52 bits per heavy atom. The Hall–Kier alpha value is -3.21. The second-order valence-corrected chi connectivity index (χ2v) is 7.75. The van der Waals surface area contributed by atoms with Gasteiger partial charge in [-0.2, -0.15) is 0 Å². The first-order valence-corrected chi connectivity index (χ1v) is 9.98. The maximum atomic E-state index is 12.3. The number of amides is 1. The van der Waals surface area contributed by atoms with Crippen LogP contribution in [0.25, 0.3) is 22.3 Å². The van der Waals surface area contributed by atoms with Gasteiger partial charge in [-0.3, -0.25) is 4.79 Å². The van der Waals surface area contributed by atoms with E-state index < -0.39 is 0 Å². The number of fused-ring (bicyclic) bond motifs is 1. The number of piperazine rings is 1. The molecule has 0 unspecified atom stereocenters. The quantitative estimate of drug-likeness (QED) is 0.635. The number of hydrogen-bond acceptors (Lipinski definition) is 4. The predicted octanol–water partition coefficient (Wildman–Crippen LogP) is 4.14. The van der Waals surface area contributed by atoms with E-state index >= 15 is 0 Å². The number of rotatable bonds is 3. The molecule has 4 rings (SSSR count). The minimum atomic E-state index is 0.0311. The van der Waals surface area contributed by atoms with Gasteiger partial charge >= 0.3 is 0 Å². The van der Waals surface area contributed by atoms with Crippen LogP contribution in [-0.4, -0.2) is 47.0 Å². The molecule has 1 aliphatic rings. The third-order valence-electron chi connectivity index (χ3n) is 5.54. The molecule has 0 N–H and O–H groups in total. The van der Waals surface area contributed by atoms with E-state index in [1.165, 1.54) is 11.1 Å². The first-order chi connectivity index (χ1) is 13.9. The van der Waals surface area contributed by atoms with Crippen LogP contribution in [0.2, 0.25) is 0 Å². The summed E-state index contributed by atoms with van der Waals surface area (Å²) in [6, 6.07) is 14.4. The van der Waals surface area contributed by atoms with Crippen molar-refractivity contribution < 1.29 is 4.79 Å². The van der Waals surface area contributed by atoms with Crippen molar-refractivity contribution in [3.8, 4) is 11.3 Å². The Labute approximate surface area is 171 Å². The lowest BCUT2D eigenvalue weighted by molar-refractivity contribution is -0.127. The molecule has 3 aromatic rings. The van der Waals surface area contributed by atoms with Crippen LogP contribution in [0.3, 0.4) is 0 Å². The standard InChI is InChI=1S/C24H26N4O/c1-16(2)24(29)28-12-10-27(11-13-28)23-22(19-8-6-5-7-9-19)25-20-14-17(3)18(4)15-21(20)26-23/h5-9,14-15H,1,10-13H2,2-4H3. The summed E-state index contributed by atoms with van der Waals surface area (Å²) in [5, 5.41) is 0. The van der Waals surface area contributed by atoms with Gasteiger partial charge in [0.2, 0.25) is 5.91 Å². The first-order valence-electron chi connectivity index (χ1n) is 9.98. The summed E-state index contributed by atoms with van der Waals surface area (Å²) in [7, 11) is 0. The van der Waals surface area contributed by atoms with E-state index in [0.717, 1.165) is 41.2 Å². The van der Waals surface area contributed by atoms with Gasteiger partial charge in [0, 0.05) is 37.3 Å². The Kier molecular flexibility index (Phi) is 5.05. The summed E-state index contributed by atoms with van der Waals surface area (Å²) >= 11 is 0. The maximum absolute atomic E-state index is 12.3. The smallest absolute Gasteiger partial charge is 0.249 e. The molecule has 2 aromatic carbocycles. The van der Waals surface area contributed by atoms with Crippen LogP contribution in [0.15, 0.2) is 54.6 Å². The molecule has 5 heteroatoms. The van der Waals surface area contributed by atoms with Crippen molar-refractivity contribution in [2.45, 2.75) is 20.8 Å². The average Bonchev–Trinajstić information content (AvgIpc) is 2.74. The second kappa shape index (κ2) is 7.66. The monoisotopic (exact) mass is 386 g/mol. The van der Waals surface area contributed by atoms with Crippen LogP contribution in [-0.2, 0) is 4.79 Å². The highest BCUT2D eigenvalue weighted by Crippen LogP contribution is 2.31. The van der Waals surface area contributed by atoms with E-state index in [1.54, 1.807) is 6.92 Å². The largest absolute Gasteiger partial charge is 0.351 e. The highest BCUT2D eigenvalue weighted by Gasteiger charge is 2.25. The van der Waals surface area contributed by atoms with Crippen LogP contribution >= 0.6 is 0 Å². The molecular weight excluding hydrogens is 360 g/mol. The van der Waals surface area contributed by atoms with Crippen LogP contribution in [0.5, 0.6) is 0 Å². The SMILES string of the molecule is C=C(C)C(=O)N1CCN(c2nc3cc(C)c(C)cc3nc2-c2ccccc2)CC1. The highest BCUT2D eigenvalue weighted by atomic mass is 16.2. The Morgan fingerprint density at radius 3 is 2.10 bits per heavy atom. The first kappa shape index (κ1) is 19.1. The van der Waals surface area contributed by atoms with Gasteiger partial charge in [-0.25, -0.2) is 9.97 Å². The highest BCUT2D eigenvalue weighted by molar-refractivity contribution is 5.92. The molecular formula is C24H26N4O. The number of aromatic nitrogens is 2. The van der Waals surface area contributed by atoms with Gasteiger partial charge in [-0.15, -0.1) is 0 Å². The molecule has 2 heterocycles. The minimum Gasteiger partial charge on any atom is -0.351 e. The van der Waals surface area contributed by atoms with Gasteiger partial charge < -0.3 is 9.80 Å². The minimum absolute atomic E-state index is 0.0311. The van der Waals surface area contributed by atoms with Crippen molar-refractivity contribution >= 4 is 22.8 Å². The average molecular weight is 386 g/mol. The third-order valence-corrected chi connectivity index (χ3v) is 5.54. The fourth-order valence-corrected chi connectivity index (χ4v) is 3.70. The summed E-state index contributed by atoms with van der Waals surface area (Å²) in [5.74, 6) is 0.915. The summed E-state index contributed by atoms with van der Waals surface area (Å²) < 4.78 is 0. The molecule has 1 aliphatic heterocycles. The molecule has 0 atom stereocenters. The molecule has 29 heavy (non-hydrogen) atoms. The van der Waals surface area contributed by atoms with Gasteiger partial charge in [0.05, 0.1) is 11.0 Å². The lowest BCUT2D eigenvalue weighted by Crippen LogP contribution is -2.49. The van der Waals surface area contributed by atoms with E-state index in [-0.39, 0.29) is 5.91 Å². The molecule has 0 spiro atoms. The lowest BCUT2D eigenvalue weighted by Gasteiger charge is -2.36. The predicted molar refractivity (Wildman–Crippen MR) is 118 cm³/mol. The molecule has 1 amide bonds. The summed E-state index contributed by atoms with van der Waals surface area (Å²) in [4.78, 5) is 26.4. The molecule has 0 radical (unpaired) electrons. The van der Waals surface area contributed by atoms with E-state index in [4.69, 9.17) is 9.97 Å². The number of benzene rings is 2. The lowest BCUT2D eigenvalue weighted by atomic mass is 10.1. The zero-order valence-electron chi connectivity index (χ0n) is 17.3. The maximum Gasteiger partial charge on any atom is 0.249 e. The molecule has 0 bridgehead atoms. The summed E-state index contributed by atoms with van der Waals surface area (Å²) in [5.41, 5.74) is 6.76. The zero-order chi connectivity index (χ0) is 20.5. The van der Waals surface area contributed by atoms with Gasteiger partial charge in [-0.05, 0) is 44.0 Å². The van der Waals surface area contributed by atoms with Crippen LogP contribution in [0.4, 0.5) is 5.82 Å². The van der Waals surface area contributed by atoms with Crippen molar-refractivity contribution in [1.29, 1.82) is 0 Å². The fraction of sp³-hybridized carbons (Fsp3) is 0.292. The number of nitrogens with zero attached hydrogens (tertiary/aromatic N) is 4.